The number of unbranched alkanes of at least 4 members (excludes halogenated alkanes) is 1. The van der Waals surface area contributed by atoms with Gasteiger partial charge in [0.2, 0.25) is 0 Å². The molecule has 2 nitrogen and oxygen atoms in total. The van der Waals surface area contributed by atoms with Crippen molar-refractivity contribution in [1.29, 1.82) is 0 Å². The highest BCUT2D eigenvalue weighted by atomic mass is 16.5. The zero-order valence-corrected chi connectivity index (χ0v) is 9.51. The third-order valence-electron chi connectivity index (χ3n) is 4.05. The molecule has 0 aliphatic heterocycles. The van der Waals surface area contributed by atoms with Crippen molar-refractivity contribution in [2.45, 2.75) is 57.1 Å². The van der Waals surface area contributed by atoms with Gasteiger partial charge in [0.1, 0.15) is 0 Å². The summed E-state index contributed by atoms with van der Waals surface area (Å²) in [7, 11) is 1.89. The van der Waals surface area contributed by atoms with Gasteiger partial charge in [-0.2, -0.15) is 0 Å². The Morgan fingerprint density at radius 3 is 2.93 bits per heavy atom. The Kier molecular flexibility index (Phi) is 3.13. The molecule has 2 heteroatoms. The molecular formula is C12H23NO. The van der Waals surface area contributed by atoms with Gasteiger partial charge in [0, 0.05) is 19.1 Å². The quantitative estimate of drug-likeness (QED) is 0.683. The number of hydrogen-bond acceptors (Lipinski definition) is 2. The highest BCUT2D eigenvalue weighted by Gasteiger charge is 2.65. The Hall–Kier alpha value is -0.0800. The number of methoxy groups -OCH3 is 1. The van der Waals surface area contributed by atoms with E-state index < -0.39 is 0 Å². The Labute approximate surface area is 87.4 Å². The smallest absolute Gasteiger partial charge is 0.0878 e. The molecule has 0 radical (unpaired) electrons. The molecule has 0 aromatic carbocycles. The molecule has 0 heterocycles. The van der Waals surface area contributed by atoms with Gasteiger partial charge in [0.25, 0.3) is 0 Å². The maximum atomic E-state index is 5.73. The molecule has 14 heavy (non-hydrogen) atoms. The number of rotatable bonds is 5. The van der Waals surface area contributed by atoms with E-state index in [9.17, 15) is 0 Å². The highest BCUT2D eigenvalue weighted by Crippen LogP contribution is 2.55. The Morgan fingerprint density at radius 2 is 2.29 bits per heavy atom. The summed E-state index contributed by atoms with van der Waals surface area (Å²) >= 11 is 0. The molecule has 2 aliphatic rings. The molecule has 0 aromatic heterocycles. The minimum absolute atomic E-state index is 0.242. The van der Waals surface area contributed by atoms with Gasteiger partial charge in [0.05, 0.1) is 5.60 Å². The van der Waals surface area contributed by atoms with Crippen LogP contribution in [0.1, 0.15) is 45.4 Å². The van der Waals surface area contributed by atoms with Crippen LogP contribution in [0.5, 0.6) is 0 Å². The topological polar surface area (TPSA) is 21.3 Å². The second-order valence-corrected chi connectivity index (χ2v) is 4.80. The third-order valence-corrected chi connectivity index (χ3v) is 4.05. The zero-order valence-electron chi connectivity index (χ0n) is 9.51. The molecule has 0 amide bonds. The average Bonchev–Trinajstić information content (AvgIpc) is 2.88. The molecular weight excluding hydrogens is 174 g/mol. The molecule has 0 aromatic rings. The predicted octanol–water partition coefficient (Wildman–Crippen LogP) is 2.33. The van der Waals surface area contributed by atoms with Crippen molar-refractivity contribution in [3.05, 3.63) is 0 Å². The molecule has 2 fully saturated rings. The zero-order chi connectivity index (χ0) is 10.0. The van der Waals surface area contributed by atoms with Gasteiger partial charge in [-0.1, -0.05) is 26.2 Å². The first-order valence-electron chi connectivity index (χ1n) is 6.13. The lowest BCUT2D eigenvalue weighted by molar-refractivity contribution is 0.0386. The lowest BCUT2D eigenvalue weighted by atomic mass is 9.98. The Morgan fingerprint density at radius 1 is 1.43 bits per heavy atom. The Balaban J connectivity index is 1.82. The second-order valence-electron chi connectivity index (χ2n) is 4.80. The highest BCUT2D eigenvalue weighted by molar-refractivity contribution is 5.20. The third kappa shape index (κ3) is 1.59. The van der Waals surface area contributed by atoms with Crippen molar-refractivity contribution >= 4 is 0 Å². The van der Waals surface area contributed by atoms with E-state index in [4.69, 9.17) is 4.74 Å². The fraction of sp³-hybridized carbons (Fsp3) is 1.00. The van der Waals surface area contributed by atoms with Crippen molar-refractivity contribution < 1.29 is 4.74 Å². The first kappa shape index (κ1) is 10.4. The van der Waals surface area contributed by atoms with E-state index in [2.05, 4.69) is 12.2 Å². The average molecular weight is 197 g/mol. The molecule has 0 bridgehead atoms. The molecule has 2 aliphatic carbocycles. The summed E-state index contributed by atoms with van der Waals surface area (Å²) in [5, 5.41) is 3.67. The van der Waals surface area contributed by atoms with Crippen molar-refractivity contribution in [3.63, 3.8) is 0 Å². The molecule has 1 N–H and O–H groups in total. The van der Waals surface area contributed by atoms with E-state index in [1.54, 1.807) is 0 Å². The van der Waals surface area contributed by atoms with Crippen LogP contribution in [0.25, 0.3) is 0 Å². The summed E-state index contributed by atoms with van der Waals surface area (Å²) < 4.78 is 5.73. The molecule has 0 spiro atoms. The molecule has 2 saturated carbocycles. The van der Waals surface area contributed by atoms with Crippen molar-refractivity contribution in [2.75, 3.05) is 13.7 Å². The van der Waals surface area contributed by atoms with Crippen LogP contribution >= 0.6 is 0 Å². The summed E-state index contributed by atoms with van der Waals surface area (Å²) in [5.41, 5.74) is 0.242. The van der Waals surface area contributed by atoms with E-state index in [1.165, 1.54) is 45.1 Å². The van der Waals surface area contributed by atoms with Gasteiger partial charge in [-0.15, -0.1) is 0 Å². The molecule has 3 atom stereocenters. The lowest BCUT2D eigenvalue weighted by Crippen LogP contribution is -2.29. The normalized spacial score (nSPS) is 40.7. The lowest BCUT2D eigenvalue weighted by Gasteiger charge is -2.20. The van der Waals surface area contributed by atoms with Crippen LogP contribution < -0.4 is 5.32 Å². The number of ether oxygens (including phenoxy) is 1. The number of fused-ring (bicyclic) bond motifs is 1. The molecule has 2 rings (SSSR count). The van der Waals surface area contributed by atoms with E-state index >= 15 is 0 Å². The second kappa shape index (κ2) is 4.19. The largest absolute Gasteiger partial charge is 0.376 e. The minimum Gasteiger partial charge on any atom is -0.376 e. The first-order chi connectivity index (χ1) is 6.85. The van der Waals surface area contributed by atoms with Crippen LogP contribution in [0.4, 0.5) is 0 Å². The maximum absolute atomic E-state index is 5.73. The van der Waals surface area contributed by atoms with Crippen LogP contribution in [0.15, 0.2) is 0 Å². The van der Waals surface area contributed by atoms with Crippen molar-refractivity contribution in [1.82, 2.24) is 5.32 Å². The summed E-state index contributed by atoms with van der Waals surface area (Å²) in [4.78, 5) is 0. The standard InChI is InChI=1S/C12H23NO/c1-3-4-9-13-11-10-7-5-6-8-12(10,11)14-2/h10-11,13H,3-9H2,1-2H3/t10?,11?,12-/m1/s1. The predicted molar refractivity (Wildman–Crippen MR) is 58.4 cm³/mol. The van der Waals surface area contributed by atoms with Crippen molar-refractivity contribution in [3.8, 4) is 0 Å². The van der Waals surface area contributed by atoms with E-state index in [0.29, 0.717) is 6.04 Å². The van der Waals surface area contributed by atoms with Crippen LogP contribution in [0.3, 0.4) is 0 Å². The van der Waals surface area contributed by atoms with Gasteiger partial charge in [-0.25, -0.2) is 0 Å². The summed E-state index contributed by atoms with van der Waals surface area (Å²) in [5.74, 6) is 0.818. The van der Waals surface area contributed by atoms with Crippen LogP contribution in [0.2, 0.25) is 0 Å². The van der Waals surface area contributed by atoms with Gasteiger partial charge in [-0.05, 0) is 25.8 Å². The summed E-state index contributed by atoms with van der Waals surface area (Å²) in [6.07, 6.45) is 7.99. The van der Waals surface area contributed by atoms with Crippen molar-refractivity contribution in [2.24, 2.45) is 5.92 Å². The monoisotopic (exact) mass is 197 g/mol. The fourth-order valence-corrected chi connectivity index (χ4v) is 3.14. The Bertz CT molecular complexity index is 195. The SMILES string of the molecule is CCCCNC1C2CCCC[C@@]21OC. The van der Waals surface area contributed by atoms with Crippen LogP contribution in [0, 0.1) is 5.92 Å². The minimum atomic E-state index is 0.242. The number of hydrogen-bond donors (Lipinski definition) is 1. The molecule has 2 unspecified atom stereocenters. The van der Waals surface area contributed by atoms with Crippen LogP contribution in [-0.4, -0.2) is 25.3 Å². The van der Waals surface area contributed by atoms with Gasteiger partial charge in [0.15, 0.2) is 0 Å². The van der Waals surface area contributed by atoms with E-state index in [1.807, 2.05) is 7.11 Å². The molecule has 82 valence electrons. The summed E-state index contributed by atoms with van der Waals surface area (Å²) in [6, 6.07) is 0.668. The first-order valence-corrected chi connectivity index (χ1v) is 6.13. The maximum Gasteiger partial charge on any atom is 0.0878 e. The van der Waals surface area contributed by atoms with Crippen LogP contribution in [-0.2, 0) is 4.74 Å². The molecule has 0 saturated heterocycles. The fourth-order valence-electron chi connectivity index (χ4n) is 3.14. The number of nitrogens with one attached hydrogen (secondary N) is 1. The van der Waals surface area contributed by atoms with Gasteiger partial charge < -0.3 is 10.1 Å². The van der Waals surface area contributed by atoms with E-state index in [-0.39, 0.29) is 5.60 Å². The van der Waals surface area contributed by atoms with Gasteiger partial charge in [-0.3, -0.25) is 0 Å². The summed E-state index contributed by atoms with van der Waals surface area (Å²) in [6.45, 7) is 3.41. The van der Waals surface area contributed by atoms with Gasteiger partial charge >= 0.3 is 0 Å². The van der Waals surface area contributed by atoms with E-state index in [0.717, 1.165) is 5.92 Å².